The maximum Gasteiger partial charge on any atom is 0.341 e. The Morgan fingerprint density at radius 2 is 2.00 bits per heavy atom. The highest BCUT2D eigenvalue weighted by molar-refractivity contribution is 6.38. The molecule has 2 aliphatic rings. The zero-order valence-corrected chi connectivity index (χ0v) is 22.5. The summed E-state index contributed by atoms with van der Waals surface area (Å²) in [6.45, 7) is 3.84. The highest BCUT2D eigenvalue weighted by Gasteiger charge is 2.32. The summed E-state index contributed by atoms with van der Waals surface area (Å²) in [5.41, 5.74) is 0.381. The van der Waals surface area contributed by atoms with Crippen LogP contribution in [0.25, 0.3) is 21.9 Å². The number of fused-ring (bicyclic) bond motifs is 2. The van der Waals surface area contributed by atoms with E-state index in [-0.39, 0.29) is 28.2 Å². The second-order valence-electron chi connectivity index (χ2n) is 10.4. The van der Waals surface area contributed by atoms with Crippen molar-refractivity contribution in [2.24, 2.45) is 0 Å². The number of halogens is 2. The molecule has 1 saturated heterocycles. The van der Waals surface area contributed by atoms with Crippen LogP contribution in [-0.4, -0.2) is 47.9 Å². The fraction of sp³-hybridized carbons (Fsp3) is 0.345. The van der Waals surface area contributed by atoms with Crippen LogP contribution in [0, 0.1) is 12.7 Å². The van der Waals surface area contributed by atoms with Crippen molar-refractivity contribution in [3.05, 3.63) is 79.1 Å². The monoisotopic (exact) mass is 567 g/mol. The summed E-state index contributed by atoms with van der Waals surface area (Å²) in [5, 5.41) is 13.9. The van der Waals surface area contributed by atoms with Gasteiger partial charge in [-0.1, -0.05) is 11.6 Å². The van der Waals surface area contributed by atoms with Gasteiger partial charge in [0.2, 0.25) is 5.43 Å². The number of benzene rings is 2. The van der Waals surface area contributed by atoms with Crippen LogP contribution in [0.5, 0.6) is 5.75 Å². The fourth-order valence-electron chi connectivity index (χ4n) is 5.47. The van der Waals surface area contributed by atoms with Crippen LogP contribution in [0.1, 0.15) is 41.2 Å². The van der Waals surface area contributed by atoms with E-state index in [1.807, 2.05) is 24.0 Å². The normalized spacial score (nSPS) is 17.2. The number of pyridine rings is 1. The van der Waals surface area contributed by atoms with Gasteiger partial charge in [-0.2, -0.15) is 0 Å². The molecule has 0 spiro atoms. The molecule has 9 nitrogen and oxygen atoms in total. The topological polar surface area (TPSA) is 114 Å². The third-order valence-corrected chi connectivity index (χ3v) is 7.94. The molecular weight excluding hydrogens is 541 g/mol. The minimum Gasteiger partial charge on any atom is -0.492 e. The summed E-state index contributed by atoms with van der Waals surface area (Å²) in [5.74, 6) is -1.41. The second-order valence-corrected chi connectivity index (χ2v) is 10.8. The number of carboxylic acids is 1. The van der Waals surface area contributed by atoms with Gasteiger partial charge in [-0.25, -0.2) is 14.0 Å². The Kier molecular flexibility index (Phi) is 6.75. The highest BCUT2D eigenvalue weighted by atomic mass is 35.5. The third kappa shape index (κ3) is 4.82. The lowest BCUT2D eigenvalue weighted by Gasteiger charge is -2.23. The Morgan fingerprint density at radius 1 is 1.20 bits per heavy atom. The summed E-state index contributed by atoms with van der Waals surface area (Å²) in [6, 6.07) is 8.06. The van der Waals surface area contributed by atoms with Crippen molar-refractivity contribution in [3.63, 3.8) is 0 Å². The number of rotatable bonds is 8. The number of carboxylic acid groups (broad SMARTS) is 1. The molecule has 0 bridgehead atoms. The number of aromatic carboxylic acids is 1. The van der Waals surface area contributed by atoms with Crippen molar-refractivity contribution >= 4 is 45.1 Å². The molecular formula is C29H27ClFN3O6. The van der Waals surface area contributed by atoms with Crippen LogP contribution in [0.15, 0.2) is 50.5 Å². The fourth-order valence-corrected chi connectivity index (χ4v) is 5.88. The molecule has 2 aromatic carbocycles. The first-order valence-electron chi connectivity index (χ1n) is 13.2. The van der Waals surface area contributed by atoms with Crippen LogP contribution in [-0.2, 0) is 0 Å². The molecule has 2 aromatic heterocycles. The van der Waals surface area contributed by atoms with Gasteiger partial charge in [0.1, 0.15) is 29.3 Å². The Morgan fingerprint density at radius 3 is 2.75 bits per heavy atom. The minimum atomic E-state index is -1.35. The Hall–Kier alpha value is -3.89. The standard InChI is InChI=1S/C29H27ClFN3O6/c1-15-10-24(35)40-23-11-18(4-5-19(15)23)39-9-7-32-16-6-8-33(13-16)27-22(31)12-20-26(25(27)30)34(17-2-3-17)14-21(28(20)36)29(37)38/h4-5,10-12,14,16-17,32H,2-3,6-9,13H2,1H3,(H,37,38). The average molecular weight is 568 g/mol. The van der Waals surface area contributed by atoms with Crippen molar-refractivity contribution in [2.75, 3.05) is 31.1 Å². The molecule has 3 heterocycles. The maximum atomic E-state index is 15.4. The number of hydrogen-bond donors (Lipinski definition) is 2. The molecule has 1 saturated carbocycles. The van der Waals surface area contributed by atoms with Crippen molar-refractivity contribution in [2.45, 2.75) is 38.3 Å². The van der Waals surface area contributed by atoms with Gasteiger partial charge in [-0.05, 0) is 49.9 Å². The molecule has 1 unspecified atom stereocenters. The van der Waals surface area contributed by atoms with Crippen molar-refractivity contribution in [1.29, 1.82) is 0 Å². The molecule has 0 amide bonds. The van der Waals surface area contributed by atoms with E-state index in [1.54, 1.807) is 10.6 Å². The van der Waals surface area contributed by atoms with E-state index < -0.39 is 28.4 Å². The zero-order chi connectivity index (χ0) is 28.1. The quantitative estimate of drug-likeness (QED) is 0.236. The van der Waals surface area contributed by atoms with E-state index >= 15 is 4.39 Å². The number of hydrogen-bond acceptors (Lipinski definition) is 7. The third-order valence-electron chi connectivity index (χ3n) is 7.59. The van der Waals surface area contributed by atoms with Gasteiger partial charge in [0.05, 0.1) is 21.6 Å². The molecule has 1 aliphatic heterocycles. The van der Waals surface area contributed by atoms with Gasteiger partial charge in [0.25, 0.3) is 0 Å². The Labute approximate surface area is 232 Å². The van der Waals surface area contributed by atoms with Crippen molar-refractivity contribution in [1.82, 2.24) is 9.88 Å². The molecule has 2 fully saturated rings. The number of nitrogens with zero attached hydrogens (tertiary/aromatic N) is 2. The first kappa shape index (κ1) is 26.3. The lowest BCUT2D eigenvalue weighted by molar-refractivity contribution is 0.0695. The molecule has 0 radical (unpaired) electrons. The van der Waals surface area contributed by atoms with Crippen LogP contribution in [0.4, 0.5) is 10.1 Å². The summed E-state index contributed by atoms with van der Waals surface area (Å²) in [6.07, 6.45) is 3.76. The molecule has 1 aliphatic carbocycles. The van der Waals surface area contributed by atoms with E-state index in [4.69, 9.17) is 20.8 Å². The predicted molar refractivity (Wildman–Crippen MR) is 150 cm³/mol. The number of carbonyl (C=O) groups is 1. The van der Waals surface area contributed by atoms with E-state index in [1.165, 1.54) is 12.3 Å². The molecule has 40 heavy (non-hydrogen) atoms. The van der Waals surface area contributed by atoms with Gasteiger partial charge >= 0.3 is 11.6 Å². The van der Waals surface area contributed by atoms with Gasteiger partial charge in [0, 0.05) is 55.4 Å². The number of anilines is 1. The maximum absolute atomic E-state index is 15.4. The number of nitrogens with one attached hydrogen (secondary N) is 1. The largest absolute Gasteiger partial charge is 0.492 e. The van der Waals surface area contributed by atoms with Crippen LogP contribution >= 0.6 is 11.6 Å². The smallest absolute Gasteiger partial charge is 0.341 e. The van der Waals surface area contributed by atoms with Crippen molar-refractivity contribution < 1.29 is 23.4 Å². The van der Waals surface area contributed by atoms with Crippen LogP contribution < -0.4 is 26.0 Å². The van der Waals surface area contributed by atoms with Gasteiger partial charge in [0.15, 0.2) is 0 Å². The average Bonchev–Trinajstić information content (AvgIpc) is 3.65. The van der Waals surface area contributed by atoms with Crippen LogP contribution in [0.3, 0.4) is 0 Å². The first-order chi connectivity index (χ1) is 19.2. The van der Waals surface area contributed by atoms with Gasteiger partial charge in [-0.15, -0.1) is 0 Å². The summed E-state index contributed by atoms with van der Waals surface area (Å²) < 4.78 is 28.2. The predicted octanol–water partition coefficient (Wildman–Crippen LogP) is 4.49. The second kappa shape index (κ2) is 10.3. The molecule has 4 aromatic rings. The summed E-state index contributed by atoms with van der Waals surface area (Å²) >= 11 is 6.75. The highest BCUT2D eigenvalue weighted by Crippen LogP contribution is 2.42. The van der Waals surface area contributed by atoms with E-state index in [0.717, 1.165) is 36.3 Å². The molecule has 6 rings (SSSR count). The zero-order valence-electron chi connectivity index (χ0n) is 21.7. The summed E-state index contributed by atoms with van der Waals surface area (Å²) in [7, 11) is 0. The Bertz CT molecular complexity index is 1780. The first-order valence-corrected chi connectivity index (χ1v) is 13.5. The summed E-state index contributed by atoms with van der Waals surface area (Å²) in [4.78, 5) is 38.0. The van der Waals surface area contributed by atoms with Crippen molar-refractivity contribution in [3.8, 4) is 5.75 Å². The van der Waals surface area contributed by atoms with Crippen LogP contribution in [0.2, 0.25) is 5.02 Å². The van der Waals surface area contributed by atoms with Gasteiger partial charge in [-0.3, -0.25) is 4.79 Å². The van der Waals surface area contributed by atoms with E-state index in [9.17, 15) is 19.5 Å². The molecule has 208 valence electrons. The molecule has 1 atom stereocenters. The Balaban J connectivity index is 1.15. The lowest BCUT2D eigenvalue weighted by Crippen LogP contribution is -2.35. The lowest BCUT2D eigenvalue weighted by atomic mass is 10.1. The number of aryl methyl sites for hydroxylation is 1. The van der Waals surface area contributed by atoms with E-state index in [0.29, 0.717) is 43.1 Å². The molecule has 11 heteroatoms. The van der Waals surface area contributed by atoms with E-state index in [2.05, 4.69) is 5.32 Å². The SMILES string of the molecule is Cc1cc(=O)oc2cc(OCCNC3CCN(c4c(F)cc5c(=O)c(C(=O)O)cn(C6CC6)c5c4Cl)C3)ccc12. The minimum absolute atomic E-state index is 0.0211. The molecule has 2 N–H and O–H groups in total. The van der Waals surface area contributed by atoms with Gasteiger partial charge < -0.3 is 29.0 Å². The number of ether oxygens (including phenoxy) is 1. The number of aromatic nitrogens is 1.